The maximum absolute atomic E-state index is 12.1. The fourth-order valence-corrected chi connectivity index (χ4v) is 1.67. The third-order valence-electron chi connectivity index (χ3n) is 2.63. The number of carbonyl (C=O) groups excluding carboxylic acids is 1. The van der Waals surface area contributed by atoms with Crippen LogP contribution >= 0.6 is 0 Å². The summed E-state index contributed by atoms with van der Waals surface area (Å²) in [5, 5.41) is 19.0. The molecular formula is C14H17N3O2. The number of aromatic nitrogens is 2. The highest BCUT2D eigenvalue weighted by molar-refractivity contribution is 5.99. The molecule has 0 radical (unpaired) electrons. The highest BCUT2D eigenvalue weighted by Crippen LogP contribution is 2.20. The number of aliphatic hydroxyl groups is 1. The molecule has 1 aromatic heterocycles. The first-order chi connectivity index (χ1) is 8.97. The van der Waals surface area contributed by atoms with E-state index in [2.05, 4.69) is 15.5 Å². The van der Waals surface area contributed by atoms with Crippen LogP contribution in [0, 0.1) is 0 Å². The van der Waals surface area contributed by atoms with Gasteiger partial charge in [-0.3, -0.25) is 9.89 Å². The number of rotatable bonds is 4. The van der Waals surface area contributed by atoms with E-state index in [4.69, 9.17) is 0 Å². The largest absolute Gasteiger partial charge is 0.389 e. The van der Waals surface area contributed by atoms with Crippen molar-refractivity contribution in [2.45, 2.75) is 19.4 Å². The van der Waals surface area contributed by atoms with Gasteiger partial charge in [-0.05, 0) is 13.8 Å². The summed E-state index contributed by atoms with van der Waals surface area (Å²) < 4.78 is 0. The molecule has 3 N–H and O–H groups in total. The number of benzene rings is 1. The third-order valence-corrected chi connectivity index (χ3v) is 2.63. The smallest absolute Gasteiger partial charge is 0.255 e. The molecule has 100 valence electrons. The van der Waals surface area contributed by atoms with Gasteiger partial charge in [0.1, 0.15) is 0 Å². The van der Waals surface area contributed by atoms with Gasteiger partial charge in [0, 0.05) is 12.1 Å². The summed E-state index contributed by atoms with van der Waals surface area (Å²) in [6.07, 6.45) is 1.49. The van der Waals surface area contributed by atoms with Gasteiger partial charge in [-0.15, -0.1) is 0 Å². The zero-order valence-corrected chi connectivity index (χ0v) is 11.0. The monoisotopic (exact) mass is 259 g/mol. The van der Waals surface area contributed by atoms with Crippen LogP contribution in [0.3, 0.4) is 0 Å². The first-order valence-electron chi connectivity index (χ1n) is 6.07. The minimum Gasteiger partial charge on any atom is -0.389 e. The molecule has 1 aromatic carbocycles. The molecular weight excluding hydrogens is 242 g/mol. The summed E-state index contributed by atoms with van der Waals surface area (Å²) in [5.41, 5.74) is 1.10. The topological polar surface area (TPSA) is 78.0 Å². The van der Waals surface area contributed by atoms with Crippen molar-refractivity contribution in [2.24, 2.45) is 0 Å². The molecule has 19 heavy (non-hydrogen) atoms. The van der Waals surface area contributed by atoms with Crippen molar-refractivity contribution >= 4 is 5.91 Å². The molecule has 0 bridgehead atoms. The third kappa shape index (κ3) is 3.42. The van der Waals surface area contributed by atoms with Crippen molar-refractivity contribution in [3.63, 3.8) is 0 Å². The van der Waals surface area contributed by atoms with E-state index in [-0.39, 0.29) is 12.5 Å². The lowest BCUT2D eigenvalue weighted by Gasteiger charge is -2.17. The first kappa shape index (κ1) is 13.3. The molecule has 2 rings (SSSR count). The maximum Gasteiger partial charge on any atom is 0.255 e. The number of aromatic amines is 1. The predicted octanol–water partition coefficient (Wildman–Crippen LogP) is 1.58. The van der Waals surface area contributed by atoms with Crippen LogP contribution in [0.4, 0.5) is 0 Å². The average Bonchev–Trinajstić information content (AvgIpc) is 2.85. The molecule has 5 heteroatoms. The van der Waals surface area contributed by atoms with Crippen molar-refractivity contribution in [1.29, 1.82) is 0 Å². The Morgan fingerprint density at radius 3 is 2.68 bits per heavy atom. The van der Waals surface area contributed by atoms with Crippen molar-refractivity contribution in [1.82, 2.24) is 15.5 Å². The summed E-state index contributed by atoms with van der Waals surface area (Å²) in [4.78, 5) is 12.1. The fraction of sp³-hybridized carbons (Fsp3) is 0.286. The highest BCUT2D eigenvalue weighted by atomic mass is 16.3. The number of carbonyl (C=O) groups is 1. The Labute approximate surface area is 111 Å². The zero-order valence-electron chi connectivity index (χ0n) is 11.0. The Balaban J connectivity index is 2.18. The van der Waals surface area contributed by atoms with Crippen molar-refractivity contribution < 1.29 is 9.90 Å². The molecule has 0 aliphatic rings. The zero-order chi connectivity index (χ0) is 13.9. The number of amides is 1. The highest BCUT2D eigenvalue weighted by Gasteiger charge is 2.18. The van der Waals surface area contributed by atoms with Crippen LogP contribution < -0.4 is 5.32 Å². The van der Waals surface area contributed by atoms with E-state index in [1.807, 2.05) is 30.3 Å². The van der Waals surface area contributed by atoms with Gasteiger partial charge in [-0.2, -0.15) is 5.10 Å². The predicted molar refractivity (Wildman–Crippen MR) is 72.7 cm³/mol. The SMILES string of the molecule is CC(C)(O)CNC(=O)c1cn[nH]c1-c1ccccc1. The van der Waals surface area contributed by atoms with Gasteiger partial charge in [0.25, 0.3) is 5.91 Å². The van der Waals surface area contributed by atoms with Crippen LogP contribution in [0.2, 0.25) is 0 Å². The standard InChI is InChI=1S/C14H17N3O2/c1-14(2,19)9-15-13(18)11-8-16-17-12(11)10-6-4-3-5-7-10/h3-8,19H,9H2,1-2H3,(H,15,18)(H,16,17). The first-order valence-corrected chi connectivity index (χ1v) is 6.07. The van der Waals surface area contributed by atoms with E-state index in [0.29, 0.717) is 11.3 Å². The van der Waals surface area contributed by atoms with Crippen LogP contribution in [0.15, 0.2) is 36.5 Å². The Morgan fingerprint density at radius 2 is 2.05 bits per heavy atom. The Kier molecular flexibility index (Phi) is 3.66. The van der Waals surface area contributed by atoms with Gasteiger partial charge in [0.15, 0.2) is 0 Å². The molecule has 1 heterocycles. The number of H-pyrrole nitrogens is 1. The van der Waals surface area contributed by atoms with Crippen molar-refractivity contribution in [3.05, 3.63) is 42.1 Å². The van der Waals surface area contributed by atoms with E-state index >= 15 is 0 Å². The second-order valence-corrected chi connectivity index (χ2v) is 5.02. The molecule has 0 saturated heterocycles. The number of nitrogens with one attached hydrogen (secondary N) is 2. The molecule has 0 saturated carbocycles. The summed E-state index contributed by atoms with van der Waals surface area (Å²) in [6.45, 7) is 3.47. The lowest BCUT2D eigenvalue weighted by Crippen LogP contribution is -2.38. The van der Waals surface area contributed by atoms with Crippen LogP contribution in [0.1, 0.15) is 24.2 Å². The second-order valence-electron chi connectivity index (χ2n) is 5.02. The number of nitrogens with zero attached hydrogens (tertiary/aromatic N) is 1. The average molecular weight is 259 g/mol. The van der Waals surface area contributed by atoms with Crippen LogP contribution in [0.5, 0.6) is 0 Å². The molecule has 0 fully saturated rings. The molecule has 1 amide bonds. The summed E-state index contributed by atoms with van der Waals surface area (Å²) in [6, 6.07) is 9.51. The van der Waals surface area contributed by atoms with E-state index < -0.39 is 5.60 Å². The summed E-state index contributed by atoms with van der Waals surface area (Å²) in [7, 11) is 0. The van der Waals surface area contributed by atoms with Gasteiger partial charge < -0.3 is 10.4 Å². The van der Waals surface area contributed by atoms with Gasteiger partial charge in [-0.25, -0.2) is 0 Å². The lowest BCUT2D eigenvalue weighted by molar-refractivity contribution is 0.0694. The van der Waals surface area contributed by atoms with Gasteiger partial charge in [-0.1, -0.05) is 30.3 Å². The van der Waals surface area contributed by atoms with Gasteiger partial charge >= 0.3 is 0 Å². The van der Waals surface area contributed by atoms with E-state index in [0.717, 1.165) is 5.56 Å². The molecule has 2 aromatic rings. The quantitative estimate of drug-likeness (QED) is 0.780. The minimum absolute atomic E-state index is 0.186. The Bertz CT molecular complexity index is 556. The minimum atomic E-state index is -0.938. The summed E-state index contributed by atoms with van der Waals surface area (Å²) >= 11 is 0. The summed E-state index contributed by atoms with van der Waals surface area (Å²) in [5.74, 6) is -0.255. The van der Waals surface area contributed by atoms with Crippen LogP contribution in [0.25, 0.3) is 11.3 Å². The maximum atomic E-state index is 12.1. The Morgan fingerprint density at radius 1 is 1.37 bits per heavy atom. The molecule has 5 nitrogen and oxygen atoms in total. The fourth-order valence-electron chi connectivity index (χ4n) is 1.67. The molecule has 0 spiro atoms. The number of hydrogen-bond donors (Lipinski definition) is 3. The van der Waals surface area contributed by atoms with Crippen LogP contribution in [-0.4, -0.2) is 33.4 Å². The normalized spacial score (nSPS) is 11.3. The van der Waals surface area contributed by atoms with Crippen LogP contribution in [-0.2, 0) is 0 Å². The molecule has 0 unspecified atom stereocenters. The molecule has 0 aliphatic carbocycles. The molecule has 0 atom stereocenters. The van der Waals surface area contributed by atoms with E-state index in [9.17, 15) is 9.90 Å². The lowest BCUT2D eigenvalue weighted by atomic mass is 10.1. The van der Waals surface area contributed by atoms with E-state index in [1.54, 1.807) is 13.8 Å². The second kappa shape index (κ2) is 5.24. The van der Waals surface area contributed by atoms with Gasteiger partial charge in [0.2, 0.25) is 0 Å². The van der Waals surface area contributed by atoms with Crippen molar-refractivity contribution in [2.75, 3.05) is 6.54 Å². The number of hydrogen-bond acceptors (Lipinski definition) is 3. The molecule has 0 aliphatic heterocycles. The van der Waals surface area contributed by atoms with E-state index in [1.165, 1.54) is 6.20 Å². The van der Waals surface area contributed by atoms with Crippen molar-refractivity contribution in [3.8, 4) is 11.3 Å². The Hall–Kier alpha value is -2.14. The van der Waals surface area contributed by atoms with Gasteiger partial charge in [0.05, 0.1) is 23.1 Å².